The lowest BCUT2D eigenvalue weighted by molar-refractivity contribution is 0.0954. The van der Waals surface area contributed by atoms with Crippen LogP contribution in [0.1, 0.15) is 21.7 Å². The van der Waals surface area contributed by atoms with E-state index in [9.17, 15) is 9.18 Å². The molecule has 0 atom stereocenters. The van der Waals surface area contributed by atoms with E-state index in [1.807, 2.05) is 24.6 Å². The van der Waals surface area contributed by atoms with E-state index in [0.29, 0.717) is 24.1 Å². The maximum atomic E-state index is 13.5. The number of carbonyl (C=O) groups is 1. The molecule has 3 aromatic rings. The lowest BCUT2D eigenvalue weighted by Gasteiger charge is -2.06. The summed E-state index contributed by atoms with van der Waals surface area (Å²) in [6.45, 7) is 2.31. The fourth-order valence-electron chi connectivity index (χ4n) is 2.58. The summed E-state index contributed by atoms with van der Waals surface area (Å²) < 4.78 is 15.5. The van der Waals surface area contributed by atoms with Crippen molar-refractivity contribution in [1.82, 2.24) is 14.9 Å². The average Bonchev–Trinajstić information content (AvgIpc) is 2.83. The van der Waals surface area contributed by atoms with Crippen molar-refractivity contribution in [3.8, 4) is 0 Å². The van der Waals surface area contributed by atoms with Gasteiger partial charge in [0.05, 0.1) is 11.0 Å². The van der Waals surface area contributed by atoms with E-state index < -0.39 is 0 Å². The van der Waals surface area contributed by atoms with Crippen LogP contribution in [0.3, 0.4) is 0 Å². The number of hydrogen-bond donors (Lipinski definition) is 1. The fraction of sp³-hybridized carbons (Fsp3) is 0.222. The van der Waals surface area contributed by atoms with Gasteiger partial charge in [-0.3, -0.25) is 4.79 Å². The summed E-state index contributed by atoms with van der Waals surface area (Å²) in [5, 5.41) is 2.82. The van der Waals surface area contributed by atoms with Crippen molar-refractivity contribution in [1.29, 1.82) is 0 Å². The van der Waals surface area contributed by atoms with Crippen LogP contribution < -0.4 is 5.32 Å². The first-order valence-corrected chi connectivity index (χ1v) is 7.51. The Morgan fingerprint density at radius 3 is 2.83 bits per heavy atom. The lowest BCUT2D eigenvalue weighted by Crippen LogP contribution is -2.25. The number of aromatic nitrogens is 2. The van der Waals surface area contributed by atoms with Gasteiger partial charge in [0.2, 0.25) is 0 Å². The Balaban J connectivity index is 1.67. The monoisotopic (exact) mass is 311 g/mol. The minimum Gasteiger partial charge on any atom is -0.352 e. The van der Waals surface area contributed by atoms with Crippen LogP contribution in [0.4, 0.5) is 4.39 Å². The van der Waals surface area contributed by atoms with E-state index in [2.05, 4.69) is 10.3 Å². The van der Waals surface area contributed by atoms with E-state index in [0.717, 1.165) is 16.9 Å². The van der Waals surface area contributed by atoms with Crippen molar-refractivity contribution in [2.24, 2.45) is 7.05 Å². The number of nitrogens with one attached hydrogen (secondary N) is 1. The van der Waals surface area contributed by atoms with Crippen LogP contribution in [-0.2, 0) is 13.5 Å². The molecule has 5 heteroatoms. The molecule has 0 spiro atoms. The minimum atomic E-state index is -0.243. The summed E-state index contributed by atoms with van der Waals surface area (Å²) in [5.41, 5.74) is 2.95. The highest BCUT2D eigenvalue weighted by Gasteiger charge is 2.10. The second-order valence-electron chi connectivity index (χ2n) is 5.52. The van der Waals surface area contributed by atoms with Crippen LogP contribution in [-0.4, -0.2) is 22.0 Å². The summed E-state index contributed by atoms with van der Waals surface area (Å²) in [6.07, 6.45) is 0.462. The van der Waals surface area contributed by atoms with Gasteiger partial charge in [-0.1, -0.05) is 18.2 Å². The highest BCUT2D eigenvalue weighted by atomic mass is 19.1. The van der Waals surface area contributed by atoms with Gasteiger partial charge in [-0.25, -0.2) is 9.37 Å². The van der Waals surface area contributed by atoms with E-state index in [1.165, 1.54) is 6.07 Å². The van der Waals surface area contributed by atoms with Crippen molar-refractivity contribution < 1.29 is 9.18 Å². The van der Waals surface area contributed by atoms with Crippen LogP contribution in [0.25, 0.3) is 11.0 Å². The quantitative estimate of drug-likeness (QED) is 0.805. The third-order valence-electron chi connectivity index (χ3n) is 4.00. The van der Waals surface area contributed by atoms with Crippen molar-refractivity contribution in [3.63, 3.8) is 0 Å². The molecule has 1 N–H and O–H groups in total. The van der Waals surface area contributed by atoms with E-state index in [1.54, 1.807) is 30.3 Å². The van der Waals surface area contributed by atoms with Crippen LogP contribution in [0.2, 0.25) is 0 Å². The van der Waals surface area contributed by atoms with Gasteiger partial charge in [-0.05, 0) is 43.2 Å². The highest BCUT2D eigenvalue weighted by Crippen LogP contribution is 2.16. The molecule has 0 aliphatic carbocycles. The second-order valence-corrected chi connectivity index (χ2v) is 5.52. The van der Waals surface area contributed by atoms with Gasteiger partial charge in [0, 0.05) is 19.2 Å². The van der Waals surface area contributed by atoms with E-state index in [-0.39, 0.29) is 11.7 Å². The maximum Gasteiger partial charge on any atom is 0.251 e. The zero-order valence-corrected chi connectivity index (χ0v) is 13.1. The van der Waals surface area contributed by atoms with Gasteiger partial charge in [0.1, 0.15) is 11.6 Å². The number of fused-ring (bicyclic) bond motifs is 1. The smallest absolute Gasteiger partial charge is 0.251 e. The summed E-state index contributed by atoms with van der Waals surface area (Å²) in [7, 11) is 1.94. The minimum absolute atomic E-state index is 0.174. The second kappa shape index (κ2) is 6.20. The molecule has 2 aromatic carbocycles. The highest BCUT2D eigenvalue weighted by molar-refractivity contribution is 5.97. The van der Waals surface area contributed by atoms with Crippen molar-refractivity contribution in [2.75, 3.05) is 6.54 Å². The molecule has 3 rings (SSSR count). The number of imidazole rings is 1. The Kier molecular flexibility index (Phi) is 4.10. The molecule has 1 heterocycles. The Bertz CT molecular complexity index is 870. The van der Waals surface area contributed by atoms with Gasteiger partial charge in [0.25, 0.3) is 5.91 Å². The first kappa shape index (κ1) is 15.2. The molecular formula is C18H18FN3O. The molecule has 0 radical (unpaired) electrons. The fourth-order valence-corrected chi connectivity index (χ4v) is 2.58. The number of benzene rings is 2. The molecular weight excluding hydrogens is 293 g/mol. The predicted molar refractivity (Wildman–Crippen MR) is 87.9 cm³/mol. The number of halogens is 1. The van der Waals surface area contributed by atoms with Gasteiger partial charge in [0.15, 0.2) is 0 Å². The van der Waals surface area contributed by atoms with Crippen LogP contribution in [0.5, 0.6) is 0 Å². The Morgan fingerprint density at radius 1 is 1.26 bits per heavy atom. The number of amides is 1. The largest absolute Gasteiger partial charge is 0.352 e. The molecule has 0 fully saturated rings. The number of rotatable bonds is 4. The first-order valence-electron chi connectivity index (χ1n) is 7.51. The third kappa shape index (κ3) is 3.08. The van der Waals surface area contributed by atoms with Crippen molar-refractivity contribution in [2.45, 2.75) is 13.3 Å². The molecule has 0 bridgehead atoms. The summed E-state index contributed by atoms with van der Waals surface area (Å²) in [4.78, 5) is 16.6. The lowest BCUT2D eigenvalue weighted by atomic mass is 10.1. The first-order chi connectivity index (χ1) is 11.1. The summed E-state index contributed by atoms with van der Waals surface area (Å²) >= 11 is 0. The van der Waals surface area contributed by atoms with Gasteiger partial charge in [-0.2, -0.15) is 0 Å². The Hall–Kier alpha value is -2.69. The summed E-state index contributed by atoms with van der Waals surface area (Å²) in [5.74, 6) is 0.482. The van der Waals surface area contributed by atoms with Crippen molar-refractivity contribution in [3.05, 3.63) is 65.2 Å². The molecule has 0 aliphatic rings. The van der Waals surface area contributed by atoms with Crippen molar-refractivity contribution >= 4 is 16.9 Å². The SMILES string of the molecule is Cc1nc2cc(C(=O)NCCc3ccccc3F)ccc2n1C. The topological polar surface area (TPSA) is 46.9 Å². The zero-order valence-electron chi connectivity index (χ0n) is 13.1. The number of carbonyl (C=O) groups excluding carboxylic acids is 1. The Morgan fingerprint density at radius 2 is 2.04 bits per heavy atom. The van der Waals surface area contributed by atoms with Gasteiger partial charge >= 0.3 is 0 Å². The average molecular weight is 311 g/mol. The zero-order chi connectivity index (χ0) is 16.4. The number of aryl methyl sites for hydroxylation is 2. The van der Waals surface area contributed by atoms with E-state index in [4.69, 9.17) is 0 Å². The molecule has 23 heavy (non-hydrogen) atoms. The van der Waals surface area contributed by atoms with Crippen LogP contribution >= 0.6 is 0 Å². The number of nitrogens with zero attached hydrogens (tertiary/aromatic N) is 2. The molecule has 118 valence electrons. The normalized spacial score (nSPS) is 10.9. The molecule has 0 aliphatic heterocycles. The molecule has 1 aromatic heterocycles. The van der Waals surface area contributed by atoms with Gasteiger partial charge in [-0.15, -0.1) is 0 Å². The van der Waals surface area contributed by atoms with Crippen LogP contribution in [0, 0.1) is 12.7 Å². The number of hydrogen-bond acceptors (Lipinski definition) is 2. The predicted octanol–water partition coefficient (Wildman–Crippen LogP) is 2.99. The molecule has 0 unspecified atom stereocenters. The van der Waals surface area contributed by atoms with E-state index >= 15 is 0 Å². The molecule has 0 saturated heterocycles. The maximum absolute atomic E-state index is 13.5. The standard InChI is InChI=1S/C18H18FN3O/c1-12-21-16-11-14(7-8-17(16)22(12)2)18(23)20-10-9-13-5-3-4-6-15(13)19/h3-8,11H,9-10H2,1-2H3,(H,20,23). The third-order valence-corrected chi connectivity index (χ3v) is 4.00. The Labute approximate surface area is 134 Å². The summed E-state index contributed by atoms with van der Waals surface area (Å²) in [6, 6.07) is 12.0. The molecule has 0 saturated carbocycles. The van der Waals surface area contributed by atoms with Gasteiger partial charge < -0.3 is 9.88 Å². The van der Waals surface area contributed by atoms with Crippen LogP contribution in [0.15, 0.2) is 42.5 Å². The molecule has 4 nitrogen and oxygen atoms in total. The molecule has 1 amide bonds.